The van der Waals surface area contributed by atoms with E-state index in [1.165, 1.54) is 35.2 Å². The zero-order valence-corrected chi connectivity index (χ0v) is 9.33. The molecule has 12 heavy (non-hydrogen) atoms. The summed E-state index contributed by atoms with van der Waals surface area (Å²) in [7, 11) is 0. The minimum Gasteiger partial charge on any atom is -0.339 e. The summed E-state index contributed by atoms with van der Waals surface area (Å²) in [6.45, 7) is 1.31. The van der Waals surface area contributed by atoms with Gasteiger partial charge in [-0.2, -0.15) is 0 Å². The third-order valence-electron chi connectivity index (χ3n) is 2.37. The van der Waals surface area contributed by atoms with Crippen molar-refractivity contribution in [2.45, 2.75) is 25.3 Å². The normalized spacial score (nSPS) is 24.2. The van der Waals surface area contributed by atoms with Crippen LogP contribution in [-0.2, 0) is 0 Å². The molecule has 2 N–H and O–H groups in total. The largest absolute Gasteiger partial charge is 0.339 e. The highest BCUT2D eigenvalue weighted by Crippen LogP contribution is 2.27. The van der Waals surface area contributed by atoms with E-state index in [1.54, 1.807) is 0 Å². The second-order valence-electron chi connectivity index (χ2n) is 3.29. The number of quaternary nitrogens is 1. The van der Waals surface area contributed by atoms with Crippen LogP contribution in [0.2, 0.25) is 0 Å². The number of piperidine rings is 1. The second kappa shape index (κ2) is 3.90. The topological polar surface area (TPSA) is 16.6 Å². The molecular formula is C9H13BrNS+. The van der Waals surface area contributed by atoms with Gasteiger partial charge in [-0.3, -0.25) is 0 Å². The number of hydrogen-bond acceptors (Lipinski definition) is 1. The minimum atomic E-state index is 0.745. The van der Waals surface area contributed by atoms with Crippen LogP contribution in [-0.4, -0.2) is 6.54 Å². The van der Waals surface area contributed by atoms with Gasteiger partial charge in [0.2, 0.25) is 0 Å². The van der Waals surface area contributed by atoms with Crippen LogP contribution in [0.3, 0.4) is 0 Å². The average Bonchev–Trinajstić information content (AvgIpc) is 2.54. The molecule has 0 unspecified atom stereocenters. The van der Waals surface area contributed by atoms with E-state index in [0.717, 1.165) is 6.04 Å². The molecule has 0 amide bonds. The number of halogens is 1. The highest BCUT2D eigenvalue weighted by molar-refractivity contribution is 9.10. The molecule has 0 saturated carbocycles. The fraction of sp³-hybridized carbons (Fsp3) is 0.556. The van der Waals surface area contributed by atoms with Crippen molar-refractivity contribution in [3.05, 3.63) is 20.8 Å². The Balaban J connectivity index is 2.08. The minimum absolute atomic E-state index is 0.745. The van der Waals surface area contributed by atoms with Gasteiger partial charge in [-0.25, -0.2) is 0 Å². The van der Waals surface area contributed by atoms with Crippen LogP contribution in [0.4, 0.5) is 0 Å². The van der Waals surface area contributed by atoms with Gasteiger partial charge in [0, 0.05) is 16.3 Å². The second-order valence-corrected chi connectivity index (χ2v) is 5.15. The maximum Gasteiger partial charge on any atom is 0.121 e. The van der Waals surface area contributed by atoms with Crippen molar-refractivity contribution >= 4 is 27.3 Å². The molecule has 2 rings (SSSR count). The Morgan fingerprint density at radius 3 is 3.00 bits per heavy atom. The molecule has 0 radical (unpaired) electrons. The summed E-state index contributed by atoms with van der Waals surface area (Å²) < 4.78 is 1.24. The van der Waals surface area contributed by atoms with Crippen molar-refractivity contribution in [2.24, 2.45) is 0 Å². The third-order valence-corrected chi connectivity index (χ3v) is 4.20. The molecule has 1 aliphatic rings. The first-order valence-corrected chi connectivity index (χ1v) is 6.11. The molecule has 1 nitrogen and oxygen atoms in total. The van der Waals surface area contributed by atoms with Gasteiger partial charge < -0.3 is 5.32 Å². The van der Waals surface area contributed by atoms with E-state index >= 15 is 0 Å². The fourth-order valence-corrected chi connectivity index (χ4v) is 3.31. The molecule has 1 atom stereocenters. The van der Waals surface area contributed by atoms with E-state index in [4.69, 9.17) is 0 Å². The molecule has 1 aromatic heterocycles. The van der Waals surface area contributed by atoms with Gasteiger partial charge in [0.05, 0.1) is 11.4 Å². The first-order valence-electron chi connectivity index (χ1n) is 4.43. The Bertz CT molecular complexity index is 253. The average molecular weight is 247 g/mol. The van der Waals surface area contributed by atoms with Crippen LogP contribution >= 0.6 is 27.3 Å². The number of thiophene rings is 1. The maximum absolute atomic E-state index is 3.50. The lowest BCUT2D eigenvalue weighted by Gasteiger charge is -2.18. The molecule has 1 aliphatic heterocycles. The van der Waals surface area contributed by atoms with E-state index in [2.05, 4.69) is 32.7 Å². The number of hydrogen-bond donors (Lipinski definition) is 1. The monoisotopic (exact) mass is 246 g/mol. The lowest BCUT2D eigenvalue weighted by molar-refractivity contribution is -0.703. The van der Waals surface area contributed by atoms with Crippen molar-refractivity contribution in [1.29, 1.82) is 0 Å². The summed E-state index contributed by atoms with van der Waals surface area (Å²) >= 11 is 5.37. The third kappa shape index (κ3) is 1.90. The number of rotatable bonds is 1. The Morgan fingerprint density at radius 1 is 1.50 bits per heavy atom. The van der Waals surface area contributed by atoms with Crippen molar-refractivity contribution in [1.82, 2.24) is 0 Å². The summed E-state index contributed by atoms with van der Waals surface area (Å²) in [5.41, 5.74) is 0. The SMILES string of the molecule is Brc1csc([C@H]2CCCC[NH2+]2)c1. The van der Waals surface area contributed by atoms with Gasteiger partial charge in [0.1, 0.15) is 6.04 Å². The first-order chi connectivity index (χ1) is 5.86. The predicted octanol–water partition coefficient (Wildman–Crippen LogP) is 2.30. The maximum atomic E-state index is 3.50. The summed E-state index contributed by atoms with van der Waals surface area (Å²) in [5, 5.41) is 4.65. The molecule has 1 saturated heterocycles. The smallest absolute Gasteiger partial charge is 0.121 e. The Kier molecular flexibility index (Phi) is 2.84. The van der Waals surface area contributed by atoms with Gasteiger partial charge in [0.15, 0.2) is 0 Å². The van der Waals surface area contributed by atoms with Crippen molar-refractivity contribution in [2.75, 3.05) is 6.54 Å². The van der Waals surface area contributed by atoms with Gasteiger partial charge in [-0.05, 0) is 34.8 Å². The van der Waals surface area contributed by atoms with Crippen LogP contribution in [0, 0.1) is 0 Å². The summed E-state index contributed by atoms with van der Waals surface area (Å²) in [5.74, 6) is 0. The first kappa shape index (κ1) is 8.73. The summed E-state index contributed by atoms with van der Waals surface area (Å²) in [6, 6.07) is 3.01. The van der Waals surface area contributed by atoms with E-state index < -0.39 is 0 Å². The molecular weight excluding hydrogens is 234 g/mol. The predicted molar refractivity (Wildman–Crippen MR) is 55.4 cm³/mol. The van der Waals surface area contributed by atoms with E-state index in [9.17, 15) is 0 Å². The van der Waals surface area contributed by atoms with E-state index in [-0.39, 0.29) is 0 Å². The van der Waals surface area contributed by atoms with Gasteiger partial charge in [0.25, 0.3) is 0 Å². The molecule has 0 spiro atoms. The lowest BCUT2D eigenvalue weighted by atomic mass is 10.0. The van der Waals surface area contributed by atoms with Crippen LogP contribution in [0.1, 0.15) is 30.2 Å². The highest BCUT2D eigenvalue weighted by Gasteiger charge is 2.19. The standard InChI is InChI=1S/C9H12BrNS/c10-7-5-9(12-6-7)8-3-1-2-4-11-8/h5-6,8,11H,1-4H2/p+1/t8-/m1/s1. The van der Waals surface area contributed by atoms with Gasteiger partial charge in [-0.15, -0.1) is 11.3 Å². The van der Waals surface area contributed by atoms with Crippen LogP contribution < -0.4 is 5.32 Å². The van der Waals surface area contributed by atoms with Gasteiger partial charge in [-0.1, -0.05) is 0 Å². The molecule has 2 heterocycles. The van der Waals surface area contributed by atoms with E-state index in [1.807, 2.05) is 11.3 Å². The Labute approximate surface area is 85.3 Å². The van der Waals surface area contributed by atoms with Crippen LogP contribution in [0.25, 0.3) is 0 Å². The zero-order valence-electron chi connectivity index (χ0n) is 6.92. The Morgan fingerprint density at radius 2 is 2.42 bits per heavy atom. The quantitative estimate of drug-likeness (QED) is 0.784. The van der Waals surface area contributed by atoms with Crippen LogP contribution in [0.15, 0.2) is 15.9 Å². The van der Waals surface area contributed by atoms with Crippen molar-refractivity contribution < 1.29 is 5.32 Å². The Hall–Kier alpha value is 0.140. The fourth-order valence-electron chi connectivity index (χ4n) is 1.73. The van der Waals surface area contributed by atoms with E-state index in [0.29, 0.717) is 0 Å². The molecule has 0 bridgehead atoms. The van der Waals surface area contributed by atoms with Gasteiger partial charge >= 0.3 is 0 Å². The highest BCUT2D eigenvalue weighted by atomic mass is 79.9. The zero-order chi connectivity index (χ0) is 8.39. The lowest BCUT2D eigenvalue weighted by Crippen LogP contribution is -2.86. The van der Waals surface area contributed by atoms with Crippen molar-refractivity contribution in [3.8, 4) is 0 Å². The van der Waals surface area contributed by atoms with Crippen LogP contribution in [0.5, 0.6) is 0 Å². The molecule has 1 aromatic rings. The molecule has 1 fully saturated rings. The molecule has 3 heteroatoms. The summed E-state index contributed by atoms with van der Waals surface area (Å²) in [6.07, 6.45) is 4.15. The molecule has 0 aromatic carbocycles. The molecule has 66 valence electrons. The molecule has 0 aliphatic carbocycles. The summed E-state index contributed by atoms with van der Waals surface area (Å²) in [4.78, 5) is 1.53. The van der Waals surface area contributed by atoms with Crippen molar-refractivity contribution in [3.63, 3.8) is 0 Å². The number of nitrogens with two attached hydrogens (primary N) is 1.